The summed E-state index contributed by atoms with van der Waals surface area (Å²) >= 11 is 0. The van der Waals surface area contributed by atoms with Crippen molar-refractivity contribution in [2.75, 3.05) is 6.54 Å². The van der Waals surface area contributed by atoms with Crippen LogP contribution in [0.5, 0.6) is 0 Å². The number of aliphatic imine (C=N–C) groups is 1. The molecule has 4 aromatic rings. The lowest BCUT2D eigenvalue weighted by Crippen LogP contribution is -2.44. The highest BCUT2D eigenvalue weighted by molar-refractivity contribution is 5.91. The predicted octanol–water partition coefficient (Wildman–Crippen LogP) is 19.0. The zero-order valence-corrected chi connectivity index (χ0v) is 50.7. The molecular weight excluding hydrogens is 970 g/mol. The average Bonchev–Trinajstić information content (AvgIpc) is 3.93. The van der Waals surface area contributed by atoms with E-state index in [4.69, 9.17) is 4.99 Å². The van der Waals surface area contributed by atoms with E-state index in [1.54, 1.807) is 13.8 Å². The molecule has 1 saturated heterocycles. The largest absolute Gasteiger partial charge is 0.368 e. The van der Waals surface area contributed by atoms with Crippen molar-refractivity contribution in [2.24, 2.45) is 34.1 Å². The quantitative estimate of drug-likeness (QED) is 0.0897. The highest BCUT2D eigenvalue weighted by atomic mass is 19.1. The molecule has 1 unspecified atom stereocenters. The zero-order valence-electron chi connectivity index (χ0n) is 50.7. The minimum atomic E-state index is -1.24. The Morgan fingerprint density at radius 2 is 1.37 bits per heavy atom. The summed E-state index contributed by atoms with van der Waals surface area (Å²) in [5.74, 6) is 3.30. The second kappa shape index (κ2) is 26.7. The number of ketones is 1. The first-order chi connectivity index (χ1) is 38.1. The number of nitrogens with one attached hydrogen (secondary N) is 1. The van der Waals surface area contributed by atoms with E-state index in [1.807, 2.05) is 58.0 Å². The number of hydrogen-bond donors (Lipinski definition) is 1. The van der Waals surface area contributed by atoms with Crippen LogP contribution in [-0.4, -0.2) is 40.9 Å². The molecule has 10 rings (SSSR count). The van der Waals surface area contributed by atoms with E-state index in [0.29, 0.717) is 72.1 Å². The minimum Gasteiger partial charge on any atom is -0.368 e. The summed E-state index contributed by atoms with van der Waals surface area (Å²) in [6, 6.07) is 34.8. The standard InChI is InChI=1S/C69H88FN3O2.2C2H6/c1-44(2)62(39-47(6)74)48(7)73-38-14-18-65(73)58-40-53-23-24-54(42-57(53)43-58)60-27-28-61(66(60)52-21-19-50(20-22-52)51-31-34-69(70,35-32-51)59-16-10-9-11-17-59)55-25-30-64-56(41-55)26-29-63(72-64)46(5)15-12-13-33-68(36-37-68)67(45(3)4)71-49(8)75;2*1-2/h9-11,16-17,19-25,30,40-42,44-46,51,60-62,65-67H,7,12-15,18,26-29,31-39,43H2,1-6,8H3,(H,71,75);2*1-2H3/t46-,51?,60+,61+,62-,65-,66?,67-,69?;;/m0../s1. The number of carbonyl (C=O) groups excluding carboxylic acids is 2. The molecule has 426 valence electrons. The summed E-state index contributed by atoms with van der Waals surface area (Å²) < 4.78 is 16.3. The molecule has 0 bridgehead atoms. The van der Waals surface area contributed by atoms with Crippen LogP contribution < -0.4 is 5.32 Å². The van der Waals surface area contributed by atoms with Gasteiger partial charge >= 0.3 is 0 Å². The molecule has 4 aromatic carbocycles. The summed E-state index contributed by atoms with van der Waals surface area (Å²) in [6.07, 6.45) is 20.8. The molecule has 5 nitrogen and oxygen atoms in total. The van der Waals surface area contributed by atoms with Gasteiger partial charge in [-0.25, -0.2) is 4.39 Å². The molecule has 1 N–H and O–H groups in total. The monoisotopic (exact) mass is 1070 g/mol. The number of aryl methyl sites for hydroxylation is 1. The van der Waals surface area contributed by atoms with E-state index >= 15 is 4.39 Å². The number of benzene rings is 4. The summed E-state index contributed by atoms with van der Waals surface area (Å²) in [4.78, 5) is 32.3. The second-order valence-electron chi connectivity index (χ2n) is 25.5. The molecule has 79 heavy (non-hydrogen) atoms. The van der Waals surface area contributed by atoms with E-state index in [1.165, 1.54) is 88.8 Å². The lowest BCUT2D eigenvalue weighted by molar-refractivity contribution is -0.120. The maximum absolute atomic E-state index is 16.3. The number of Topliss-reactive ketones (excluding diaryl/α,β-unsaturated/α-hetero) is 1. The lowest BCUT2D eigenvalue weighted by atomic mass is 9.73. The van der Waals surface area contributed by atoms with Gasteiger partial charge < -0.3 is 15.0 Å². The Balaban J connectivity index is 0.00000201. The average molecular weight is 1070 g/mol. The number of amides is 1. The highest BCUT2D eigenvalue weighted by Crippen LogP contribution is 2.57. The molecule has 0 radical (unpaired) electrons. The van der Waals surface area contributed by atoms with E-state index < -0.39 is 5.67 Å². The SMILES string of the molecule is C=C([C@@H](CC(C)=O)C(C)C)N1CCC[C@H]1C1=Cc2ccc([C@H]3CC[C@H](c4ccc5c(c4)CCC([C@@H](C)CCCCC4([C@@H](NC(C)=O)C(C)C)CC4)=N5)C3c3ccc(C4CCC(F)(c5ccccc5)CC4)cc3)cc2C1.CC.CC. The Labute approximate surface area is 478 Å². The van der Waals surface area contributed by atoms with Crippen LogP contribution in [0.25, 0.3) is 6.08 Å². The van der Waals surface area contributed by atoms with Crippen LogP contribution in [-0.2, 0) is 28.1 Å². The molecule has 2 aliphatic heterocycles. The van der Waals surface area contributed by atoms with Gasteiger partial charge in [-0.15, -0.1) is 0 Å². The molecule has 6 heteroatoms. The predicted molar refractivity (Wildman–Crippen MR) is 331 cm³/mol. The molecule has 3 saturated carbocycles. The van der Waals surface area contributed by atoms with Gasteiger partial charge in [-0.2, -0.15) is 0 Å². The van der Waals surface area contributed by atoms with Crippen LogP contribution in [0.3, 0.4) is 0 Å². The van der Waals surface area contributed by atoms with Gasteiger partial charge in [0.25, 0.3) is 0 Å². The Hall–Kier alpha value is -5.10. The van der Waals surface area contributed by atoms with Crippen molar-refractivity contribution in [3.8, 4) is 0 Å². The minimum absolute atomic E-state index is 0.0988. The number of halogens is 1. The number of fused-ring (bicyclic) bond motifs is 2. The van der Waals surface area contributed by atoms with Gasteiger partial charge in [0.15, 0.2) is 0 Å². The van der Waals surface area contributed by atoms with Gasteiger partial charge in [0, 0.05) is 43.3 Å². The van der Waals surface area contributed by atoms with Gasteiger partial charge in [-0.3, -0.25) is 9.79 Å². The molecule has 4 fully saturated rings. The summed E-state index contributed by atoms with van der Waals surface area (Å²) in [6.45, 7) is 28.4. The molecule has 7 atom stereocenters. The third-order valence-electron chi connectivity index (χ3n) is 19.8. The van der Waals surface area contributed by atoms with E-state index in [9.17, 15) is 9.59 Å². The van der Waals surface area contributed by atoms with Crippen molar-refractivity contribution in [3.63, 3.8) is 0 Å². The first kappa shape index (κ1) is 60.0. The van der Waals surface area contributed by atoms with Crippen LogP contribution in [0, 0.1) is 29.1 Å². The summed E-state index contributed by atoms with van der Waals surface area (Å²) in [5.41, 5.74) is 14.9. The van der Waals surface area contributed by atoms with E-state index in [-0.39, 0.29) is 23.7 Å². The van der Waals surface area contributed by atoms with Crippen molar-refractivity contribution in [3.05, 3.63) is 153 Å². The van der Waals surface area contributed by atoms with Crippen LogP contribution >= 0.6 is 0 Å². The zero-order chi connectivity index (χ0) is 56.6. The smallest absolute Gasteiger partial charge is 0.217 e. The number of nitrogens with zero attached hydrogens (tertiary/aromatic N) is 2. The second-order valence-corrected chi connectivity index (χ2v) is 25.5. The summed E-state index contributed by atoms with van der Waals surface area (Å²) in [7, 11) is 0. The number of rotatable bonds is 20. The topological polar surface area (TPSA) is 61.8 Å². The molecule has 0 aromatic heterocycles. The van der Waals surface area contributed by atoms with Gasteiger partial charge in [0.2, 0.25) is 5.91 Å². The van der Waals surface area contributed by atoms with Crippen molar-refractivity contribution in [1.82, 2.24) is 10.2 Å². The number of alkyl halides is 1. The molecule has 0 spiro atoms. The molecule has 4 aliphatic carbocycles. The van der Waals surface area contributed by atoms with E-state index in [0.717, 1.165) is 81.3 Å². The number of hydrogen-bond acceptors (Lipinski definition) is 4. The first-order valence-corrected chi connectivity index (χ1v) is 31.7. The fraction of sp³-hybridized carbons (Fsp3) is 0.575. The van der Waals surface area contributed by atoms with Crippen molar-refractivity contribution >= 4 is 29.2 Å². The fourth-order valence-corrected chi connectivity index (χ4v) is 15.4. The lowest BCUT2D eigenvalue weighted by Gasteiger charge is -2.35. The molecular formula is C73H100FN3O2. The third-order valence-corrected chi connectivity index (χ3v) is 19.8. The Morgan fingerprint density at radius 1 is 0.734 bits per heavy atom. The number of allylic oxidation sites excluding steroid dienone is 1. The van der Waals surface area contributed by atoms with E-state index in [2.05, 4.69) is 118 Å². The summed E-state index contributed by atoms with van der Waals surface area (Å²) in [5, 5.41) is 3.30. The molecule has 1 amide bonds. The van der Waals surface area contributed by atoms with Gasteiger partial charge in [-0.05, 0) is 206 Å². The first-order valence-electron chi connectivity index (χ1n) is 31.7. The number of likely N-dealkylation sites (tertiary alicyclic amines) is 1. The van der Waals surface area contributed by atoms with Crippen molar-refractivity contribution < 1.29 is 14.0 Å². The maximum Gasteiger partial charge on any atom is 0.217 e. The maximum atomic E-state index is 16.3. The van der Waals surface area contributed by atoms with Crippen molar-refractivity contribution in [1.29, 1.82) is 0 Å². The van der Waals surface area contributed by atoms with Gasteiger partial charge in [0.1, 0.15) is 11.5 Å². The third kappa shape index (κ3) is 13.6. The fourth-order valence-electron chi connectivity index (χ4n) is 15.4. The highest BCUT2D eigenvalue weighted by Gasteiger charge is 2.50. The van der Waals surface area contributed by atoms with Crippen LogP contribution in [0.15, 0.2) is 114 Å². The normalized spacial score (nSPS) is 24.9. The molecule has 2 heterocycles. The van der Waals surface area contributed by atoms with Crippen molar-refractivity contribution in [2.45, 2.75) is 233 Å². The Morgan fingerprint density at radius 3 is 1.99 bits per heavy atom. The van der Waals surface area contributed by atoms with Gasteiger partial charge in [0.05, 0.1) is 11.7 Å². The Kier molecular flexibility index (Phi) is 20.2. The van der Waals surface area contributed by atoms with Crippen LogP contribution in [0.2, 0.25) is 0 Å². The van der Waals surface area contributed by atoms with Crippen LogP contribution in [0.4, 0.5) is 10.1 Å². The van der Waals surface area contributed by atoms with Gasteiger partial charge in [-0.1, -0.05) is 173 Å². The number of carbonyl (C=O) groups is 2. The van der Waals surface area contributed by atoms with Crippen LogP contribution in [0.1, 0.15) is 247 Å². The Bertz CT molecular complexity index is 2760. The molecule has 6 aliphatic rings. The number of unbranched alkanes of at least 4 members (excludes halogenated alkanes) is 1.